The summed E-state index contributed by atoms with van der Waals surface area (Å²) < 4.78 is 1.97. The average Bonchev–Trinajstić information content (AvgIpc) is 2.82. The molecule has 1 aromatic heterocycles. The van der Waals surface area contributed by atoms with Gasteiger partial charge in [-0.15, -0.1) is 0 Å². The molecule has 1 aromatic carbocycles. The van der Waals surface area contributed by atoms with Crippen molar-refractivity contribution in [3.05, 3.63) is 42.0 Å². The van der Waals surface area contributed by atoms with Gasteiger partial charge in [-0.05, 0) is 29.0 Å². The van der Waals surface area contributed by atoms with Crippen LogP contribution >= 0.6 is 0 Å². The molecule has 0 spiro atoms. The van der Waals surface area contributed by atoms with Crippen molar-refractivity contribution in [1.82, 2.24) is 14.8 Å². The third kappa shape index (κ3) is 4.31. The van der Waals surface area contributed by atoms with Crippen LogP contribution in [0, 0.1) is 5.92 Å². The van der Waals surface area contributed by atoms with Crippen LogP contribution in [0.3, 0.4) is 0 Å². The molecular weight excluding hydrogens is 260 g/mol. The fourth-order valence-electron chi connectivity index (χ4n) is 2.19. The minimum atomic E-state index is 0.190. The first-order chi connectivity index (χ1) is 9.86. The quantitative estimate of drug-likeness (QED) is 0.908. The van der Waals surface area contributed by atoms with Crippen molar-refractivity contribution in [1.29, 1.82) is 0 Å². The Labute approximate surface area is 127 Å². The Kier molecular flexibility index (Phi) is 4.66. The van der Waals surface area contributed by atoms with Gasteiger partial charge in [0, 0.05) is 12.2 Å². The molecule has 4 nitrogen and oxygen atoms in total. The van der Waals surface area contributed by atoms with E-state index in [1.165, 1.54) is 5.56 Å². The van der Waals surface area contributed by atoms with E-state index in [0.29, 0.717) is 12.5 Å². The molecule has 114 valence electrons. The number of rotatable bonds is 5. The summed E-state index contributed by atoms with van der Waals surface area (Å²) in [5, 5.41) is 7.70. The van der Waals surface area contributed by atoms with E-state index in [1.54, 1.807) is 6.33 Å². The average molecular weight is 286 g/mol. The van der Waals surface area contributed by atoms with Gasteiger partial charge in [0.25, 0.3) is 0 Å². The highest BCUT2D eigenvalue weighted by Crippen LogP contribution is 2.23. The molecule has 0 saturated heterocycles. The van der Waals surface area contributed by atoms with E-state index in [0.717, 1.165) is 18.1 Å². The smallest absolute Gasteiger partial charge is 0.146 e. The van der Waals surface area contributed by atoms with Crippen LogP contribution in [0.1, 0.15) is 46.0 Å². The number of benzene rings is 1. The zero-order chi connectivity index (χ0) is 15.5. The molecule has 0 unspecified atom stereocenters. The van der Waals surface area contributed by atoms with Crippen molar-refractivity contribution in [3.8, 4) is 0 Å². The number of anilines is 1. The third-order valence-corrected chi connectivity index (χ3v) is 3.44. The molecule has 0 radical (unpaired) electrons. The van der Waals surface area contributed by atoms with Crippen LogP contribution in [-0.4, -0.2) is 14.8 Å². The lowest BCUT2D eigenvalue weighted by molar-refractivity contribution is 0.468. The molecule has 0 aliphatic heterocycles. The summed E-state index contributed by atoms with van der Waals surface area (Å²) in [7, 11) is 0. The molecule has 0 aliphatic carbocycles. The van der Waals surface area contributed by atoms with E-state index in [2.05, 4.69) is 74.3 Å². The molecule has 0 atom stereocenters. The Balaban J connectivity index is 1.99. The normalized spacial score (nSPS) is 11.9. The summed E-state index contributed by atoms with van der Waals surface area (Å²) in [5.74, 6) is 1.54. The fraction of sp³-hybridized carbons (Fsp3) is 0.529. The third-order valence-electron chi connectivity index (χ3n) is 3.44. The second-order valence-electron chi connectivity index (χ2n) is 6.93. The van der Waals surface area contributed by atoms with Gasteiger partial charge in [-0.3, -0.25) is 0 Å². The summed E-state index contributed by atoms with van der Waals surface area (Å²) in [6.07, 6.45) is 1.63. The molecule has 0 fully saturated rings. The van der Waals surface area contributed by atoms with Crippen molar-refractivity contribution in [2.75, 3.05) is 5.32 Å². The van der Waals surface area contributed by atoms with Crippen LogP contribution in [-0.2, 0) is 18.5 Å². The van der Waals surface area contributed by atoms with Gasteiger partial charge in [0.05, 0.1) is 6.54 Å². The van der Waals surface area contributed by atoms with Gasteiger partial charge in [0.15, 0.2) is 0 Å². The standard InChI is InChI=1S/C17H26N4/c1-13(2)11-21-16(19-12-20-21)10-18-15-8-6-14(7-9-15)17(3,4)5/h6-9,12-13,18H,10-11H2,1-5H3. The van der Waals surface area contributed by atoms with Crippen LogP contribution in [0.4, 0.5) is 5.69 Å². The zero-order valence-electron chi connectivity index (χ0n) is 13.7. The monoisotopic (exact) mass is 286 g/mol. The highest BCUT2D eigenvalue weighted by Gasteiger charge is 2.13. The maximum absolute atomic E-state index is 4.33. The predicted molar refractivity (Wildman–Crippen MR) is 87.3 cm³/mol. The first-order valence-corrected chi connectivity index (χ1v) is 7.57. The fourth-order valence-corrected chi connectivity index (χ4v) is 2.19. The highest BCUT2D eigenvalue weighted by atomic mass is 15.3. The predicted octanol–water partition coefficient (Wildman–Crippen LogP) is 3.84. The lowest BCUT2D eigenvalue weighted by Gasteiger charge is -2.19. The molecule has 1 N–H and O–H groups in total. The summed E-state index contributed by atoms with van der Waals surface area (Å²) in [6.45, 7) is 12.6. The summed E-state index contributed by atoms with van der Waals surface area (Å²) in [5.41, 5.74) is 2.65. The van der Waals surface area contributed by atoms with Crippen LogP contribution in [0.15, 0.2) is 30.6 Å². The number of hydrogen-bond donors (Lipinski definition) is 1. The van der Waals surface area contributed by atoms with Crippen LogP contribution in [0.2, 0.25) is 0 Å². The first-order valence-electron chi connectivity index (χ1n) is 7.57. The SMILES string of the molecule is CC(C)Cn1ncnc1CNc1ccc(C(C)(C)C)cc1. The first kappa shape index (κ1) is 15.5. The molecule has 0 aliphatic rings. The largest absolute Gasteiger partial charge is 0.378 e. The zero-order valence-corrected chi connectivity index (χ0v) is 13.7. The van der Waals surface area contributed by atoms with E-state index < -0.39 is 0 Å². The highest BCUT2D eigenvalue weighted by molar-refractivity contribution is 5.45. The Hall–Kier alpha value is -1.84. The van der Waals surface area contributed by atoms with Gasteiger partial charge in [0.1, 0.15) is 12.2 Å². The molecule has 0 saturated carbocycles. The molecule has 0 bridgehead atoms. The van der Waals surface area contributed by atoms with E-state index in [9.17, 15) is 0 Å². The topological polar surface area (TPSA) is 42.7 Å². The van der Waals surface area contributed by atoms with Crippen molar-refractivity contribution in [2.45, 2.75) is 53.1 Å². The molecule has 2 aromatic rings. The summed E-state index contributed by atoms with van der Waals surface area (Å²) in [4.78, 5) is 4.33. The van der Waals surface area contributed by atoms with E-state index in [1.807, 2.05) is 4.68 Å². The Morgan fingerprint density at radius 3 is 2.38 bits per heavy atom. The minimum Gasteiger partial charge on any atom is -0.378 e. The van der Waals surface area contributed by atoms with E-state index in [4.69, 9.17) is 0 Å². The van der Waals surface area contributed by atoms with Crippen molar-refractivity contribution >= 4 is 5.69 Å². The minimum absolute atomic E-state index is 0.190. The van der Waals surface area contributed by atoms with Crippen molar-refractivity contribution in [3.63, 3.8) is 0 Å². The van der Waals surface area contributed by atoms with Crippen LogP contribution < -0.4 is 5.32 Å². The summed E-state index contributed by atoms with van der Waals surface area (Å²) in [6, 6.07) is 8.62. The van der Waals surface area contributed by atoms with Gasteiger partial charge in [0.2, 0.25) is 0 Å². The molecule has 1 heterocycles. The number of nitrogens with one attached hydrogen (secondary N) is 1. The lowest BCUT2D eigenvalue weighted by Crippen LogP contribution is -2.13. The van der Waals surface area contributed by atoms with Crippen molar-refractivity contribution in [2.24, 2.45) is 5.92 Å². The van der Waals surface area contributed by atoms with Gasteiger partial charge in [-0.25, -0.2) is 9.67 Å². The number of nitrogens with zero attached hydrogens (tertiary/aromatic N) is 3. The van der Waals surface area contributed by atoms with Gasteiger partial charge in [-0.1, -0.05) is 46.8 Å². The molecule has 21 heavy (non-hydrogen) atoms. The van der Waals surface area contributed by atoms with Gasteiger partial charge in [-0.2, -0.15) is 5.10 Å². The second kappa shape index (κ2) is 6.29. The van der Waals surface area contributed by atoms with Crippen LogP contribution in [0.25, 0.3) is 0 Å². The molecule has 4 heteroatoms. The van der Waals surface area contributed by atoms with E-state index >= 15 is 0 Å². The van der Waals surface area contributed by atoms with E-state index in [-0.39, 0.29) is 5.41 Å². The Morgan fingerprint density at radius 1 is 1.14 bits per heavy atom. The number of aromatic nitrogens is 3. The molecule has 0 amide bonds. The van der Waals surface area contributed by atoms with Crippen LogP contribution in [0.5, 0.6) is 0 Å². The molecule has 2 rings (SSSR count). The second-order valence-corrected chi connectivity index (χ2v) is 6.93. The lowest BCUT2D eigenvalue weighted by atomic mass is 9.87. The maximum atomic E-state index is 4.33. The Morgan fingerprint density at radius 2 is 1.81 bits per heavy atom. The Bertz CT molecular complexity index is 561. The van der Waals surface area contributed by atoms with Crippen molar-refractivity contribution < 1.29 is 0 Å². The van der Waals surface area contributed by atoms with Gasteiger partial charge < -0.3 is 5.32 Å². The maximum Gasteiger partial charge on any atom is 0.146 e. The molecular formula is C17H26N4. The number of hydrogen-bond acceptors (Lipinski definition) is 3. The summed E-state index contributed by atoms with van der Waals surface area (Å²) >= 11 is 0. The van der Waals surface area contributed by atoms with Gasteiger partial charge >= 0.3 is 0 Å².